The molecule has 1 aromatic rings. The molecule has 0 spiro atoms. The van der Waals surface area contributed by atoms with Gasteiger partial charge < -0.3 is 5.11 Å². The maximum atomic E-state index is 11.4. The Hall–Kier alpha value is -1.16. The first-order valence-electron chi connectivity index (χ1n) is 5.79. The highest BCUT2D eigenvalue weighted by Gasteiger charge is 2.03. The predicted octanol–water partition coefficient (Wildman–Crippen LogP) is 2.23. The molecule has 0 fully saturated rings. The lowest BCUT2D eigenvalue weighted by molar-refractivity contribution is -0.136. The second kappa shape index (κ2) is 8.01. The first-order chi connectivity index (χ1) is 8.18. The van der Waals surface area contributed by atoms with Crippen LogP contribution in [0.4, 0.5) is 0 Å². The van der Waals surface area contributed by atoms with Crippen LogP contribution in [-0.2, 0) is 22.0 Å². The summed E-state index contributed by atoms with van der Waals surface area (Å²) >= 11 is 0. The summed E-state index contributed by atoms with van der Waals surface area (Å²) in [5.74, 6) is 0.0171. The molecule has 3 nitrogen and oxygen atoms in total. The molecular formula is C13H18O3S. The predicted molar refractivity (Wildman–Crippen MR) is 69.5 cm³/mol. The zero-order valence-electron chi connectivity index (χ0n) is 9.80. The first-order valence-corrected chi connectivity index (χ1v) is 7.28. The molecule has 0 aliphatic heterocycles. The zero-order valence-corrected chi connectivity index (χ0v) is 10.6. The van der Waals surface area contributed by atoms with Crippen molar-refractivity contribution in [2.24, 2.45) is 0 Å². The second-order valence-corrected chi connectivity index (χ2v) is 5.63. The number of benzene rings is 1. The van der Waals surface area contributed by atoms with Gasteiger partial charge in [-0.3, -0.25) is 9.00 Å². The molecule has 0 radical (unpaired) electrons. The number of aryl methyl sites for hydroxylation is 1. The van der Waals surface area contributed by atoms with Crippen LogP contribution in [0.2, 0.25) is 0 Å². The minimum atomic E-state index is -0.979. The number of hydrogen-bond acceptors (Lipinski definition) is 2. The lowest BCUT2D eigenvalue weighted by Gasteiger charge is -2.02. The standard InChI is InChI=1S/C13H18O3S/c14-13(15)9-11-17(16)10-5-4-8-12-6-2-1-3-7-12/h1-3,6-7H,4-5,8-11H2,(H,14,15). The zero-order chi connectivity index (χ0) is 12.5. The molecule has 4 heteroatoms. The highest BCUT2D eigenvalue weighted by molar-refractivity contribution is 7.84. The molecule has 0 aromatic heterocycles. The van der Waals surface area contributed by atoms with E-state index in [-0.39, 0.29) is 12.2 Å². The Morgan fingerprint density at radius 2 is 1.82 bits per heavy atom. The van der Waals surface area contributed by atoms with Crippen molar-refractivity contribution in [3.05, 3.63) is 35.9 Å². The lowest BCUT2D eigenvalue weighted by Crippen LogP contribution is -2.07. The number of unbranched alkanes of at least 4 members (excludes halogenated alkanes) is 1. The Kier molecular flexibility index (Phi) is 6.55. The van der Waals surface area contributed by atoms with Gasteiger partial charge in [0, 0.05) is 22.3 Å². The molecule has 1 aromatic carbocycles. The van der Waals surface area contributed by atoms with Gasteiger partial charge in [0.25, 0.3) is 0 Å². The van der Waals surface area contributed by atoms with Crippen molar-refractivity contribution in [2.75, 3.05) is 11.5 Å². The van der Waals surface area contributed by atoms with Crippen LogP contribution in [0, 0.1) is 0 Å². The molecule has 17 heavy (non-hydrogen) atoms. The molecule has 1 N–H and O–H groups in total. The van der Waals surface area contributed by atoms with E-state index in [1.54, 1.807) is 0 Å². The molecule has 1 atom stereocenters. The number of aliphatic carboxylic acids is 1. The van der Waals surface area contributed by atoms with Crippen molar-refractivity contribution in [1.29, 1.82) is 0 Å². The van der Waals surface area contributed by atoms with Crippen LogP contribution in [-0.4, -0.2) is 26.8 Å². The van der Waals surface area contributed by atoms with E-state index in [4.69, 9.17) is 5.11 Å². The SMILES string of the molecule is O=C(O)CCS(=O)CCCCc1ccccc1. The van der Waals surface area contributed by atoms with Gasteiger partial charge in [0.05, 0.1) is 6.42 Å². The minimum Gasteiger partial charge on any atom is -0.481 e. The van der Waals surface area contributed by atoms with Gasteiger partial charge in [-0.2, -0.15) is 0 Å². The normalized spacial score (nSPS) is 12.2. The number of carbonyl (C=O) groups is 1. The molecule has 0 aliphatic carbocycles. The third-order valence-electron chi connectivity index (χ3n) is 2.47. The molecule has 1 rings (SSSR count). The monoisotopic (exact) mass is 254 g/mol. The summed E-state index contributed by atoms with van der Waals surface area (Å²) in [7, 11) is -0.979. The van der Waals surface area contributed by atoms with Gasteiger partial charge in [-0.05, 0) is 24.8 Å². The van der Waals surface area contributed by atoms with Crippen LogP contribution in [0.3, 0.4) is 0 Å². The topological polar surface area (TPSA) is 54.4 Å². The van der Waals surface area contributed by atoms with Gasteiger partial charge in [0.15, 0.2) is 0 Å². The summed E-state index contributed by atoms with van der Waals surface area (Å²) in [5, 5.41) is 8.45. The minimum absolute atomic E-state index is 0.00525. The van der Waals surface area contributed by atoms with Crippen molar-refractivity contribution >= 4 is 16.8 Å². The van der Waals surface area contributed by atoms with Crippen molar-refractivity contribution in [3.63, 3.8) is 0 Å². The van der Waals surface area contributed by atoms with E-state index in [0.717, 1.165) is 19.3 Å². The number of carboxylic acids is 1. The van der Waals surface area contributed by atoms with Crippen molar-refractivity contribution < 1.29 is 14.1 Å². The molecule has 1 unspecified atom stereocenters. The van der Waals surface area contributed by atoms with Gasteiger partial charge in [-0.1, -0.05) is 30.3 Å². The summed E-state index contributed by atoms with van der Waals surface area (Å²) in [6.07, 6.45) is 2.90. The Balaban J connectivity index is 2.08. The van der Waals surface area contributed by atoms with E-state index >= 15 is 0 Å². The molecule has 0 saturated carbocycles. The molecular weight excluding hydrogens is 236 g/mol. The van der Waals surface area contributed by atoms with E-state index in [9.17, 15) is 9.00 Å². The highest BCUT2D eigenvalue weighted by Crippen LogP contribution is 2.05. The van der Waals surface area contributed by atoms with Crippen molar-refractivity contribution in [3.8, 4) is 0 Å². The van der Waals surface area contributed by atoms with Gasteiger partial charge >= 0.3 is 5.97 Å². The second-order valence-electron chi connectivity index (χ2n) is 3.93. The van der Waals surface area contributed by atoms with Gasteiger partial charge in [-0.15, -0.1) is 0 Å². The number of carboxylic acid groups (broad SMARTS) is 1. The van der Waals surface area contributed by atoms with Crippen LogP contribution in [0.1, 0.15) is 24.8 Å². The van der Waals surface area contributed by atoms with Crippen molar-refractivity contribution in [1.82, 2.24) is 0 Å². The van der Waals surface area contributed by atoms with Gasteiger partial charge in [-0.25, -0.2) is 0 Å². The smallest absolute Gasteiger partial charge is 0.304 e. The van der Waals surface area contributed by atoms with E-state index < -0.39 is 16.8 Å². The molecule has 94 valence electrons. The molecule has 0 aliphatic rings. The third kappa shape index (κ3) is 6.89. The summed E-state index contributed by atoms with van der Waals surface area (Å²) in [4.78, 5) is 10.3. The third-order valence-corrected chi connectivity index (χ3v) is 3.88. The Morgan fingerprint density at radius 3 is 2.47 bits per heavy atom. The van der Waals surface area contributed by atoms with E-state index in [1.807, 2.05) is 18.2 Å². The average Bonchev–Trinajstić information content (AvgIpc) is 2.33. The Bertz CT molecular complexity index is 362. The summed E-state index contributed by atoms with van der Waals surface area (Å²) in [6, 6.07) is 10.2. The summed E-state index contributed by atoms with van der Waals surface area (Å²) in [6.45, 7) is 0. The van der Waals surface area contributed by atoms with E-state index in [0.29, 0.717) is 5.75 Å². The van der Waals surface area contributed by atoms with Gasteiger partial charge in [0.1, 0.15) is 0 Å². The maximum absolute atomic E-state index is 11.4. The molecule has 0 saturated heterocycles. The average molecular weight is 254 g/mol. The van der Waals surface area contributed by atoms with E-state index in [1.165, 1.54) is 5.56 Å². The fourth-order valence-corrected chi connectivity index (χ4v) is 2.67. The lowest BCUT2D eigenvalue weighted by atomic mass is 10.1. The quantitative estimate of drug-likeness (QED) is 0.724. The molecule has 0 amide bonds. The number of rotatable bonds is 8. The first kappa shape index (κ1) is 13.9. The summed E-state index contributed by atoms with van der Waals surface area (Å²) in [5.41, 5.74) is 1.30. The highest BCUT2D eigenvalue weighted by atomic mass is 32.2. The van der Waals surface area contributed by atoms with Crippen LogP contribution < -0.4 is 0 Å². The van der Waals surface area contributed by atoms with Gasteiger partial charge in [0.2, 0.25) is 0 Å². The largest absolute Gasteiger partial charge is 0.481 e. The Labute approximate surface area is 104 Å². The summed E-state index contributed by atoms with van der Waals surface area (Å²) < 4.78 is 11.4. The molecule has 0 bridgehead atoms. The Morgan fingerprint density at radius 1 is 1.12 bits per heavy atom. The van der Waals surface area contributed by atoms with Crippen LogP contribution in [0.5, 0.6) is 0 Å². The van der Waals surface area contributed by atoms with Crippen molar-refractivity contribution in [2.45, 2.75) is 25.7 Å². The fourth-order valence-electron chi connectivity index (χ4n) is 1.54. The van der Waals surface area contributed by atoms with Crippen LogP contribution in [0.15, 0.2) is 30.3 Å². The van der Waals surface area contributed by atoms with Crippen LogP contribution in [0.25, 0.3) is 0 Å². The van der Waals surface area contributed by atoms with Crippen LogP contribution >= 0.6 is 0 Å². The number of hydrogen-bond donors (Lipinski definition) is 1. The van der Waals surface area contributed by atoms with E-state index in [2.05, 4.69) is 12.1 Å². The maximum Gasteiger partial charge on any atom is 0.304 e. The fraction of sp³-hybridized carbons (Fsp3) is 0.462. The molecule has 0 heterocycles.